The minimum absolute atomic E-state index is 0.0154. The lowest BCUT2D eigenvalue weighted by molar-refractivity contribution is 0.102. The van der Waals surface area contributed by atoms with Crippen LogP contribution in [0.4, 0.5) is 10.1 Å². The molecule has 2 heterocycles. The van der Waals surface area contributed by atoms with Crippen LogP contribution in [-0.2, 0) is 23.0 Å². The van der Waals surface area contributed by atoms with Crippen molar-refractivity contribution in [2.75, 3.05) is 5.32 Å². The van der Waals surface area contributed by atoms with Crippen LogP contribution in [0.25, 0.3) is 11.4 Å². The number of amides is 1. The van der Waals surface area contributed by atoms with E-state index in [1.807, 2.05) is 0 Å². The van der Waals surface area contributed by atoms with E-state index in [2.05, 4.69) is 24.8 Å². The summed E-state index contributed by atoms with van der Waals surface area (Å²) in [5.74, 6) is 0.434. The summed E-state index contributed by atoms with van der Waals surface area (Å²) in [5.41, 5.74) is 0.884. The number of carbonyl (C=O) groups excluding carboxylic acids is 1. The molecule has 0 unspecified atom stereocenters. The van der Waals surface area contributed by atoms with Crippen molar-refractivity contribution in [2.24, 2.45) is 0 Å². The first kappa shape index (κ1) is 23.1. The number of fused-ring (bicyclic) bond motifs is 1. The molecule has 174 valence electrons. The fourth-order valence-corrected chi connectivity index (χ4v) is 5.07. The van der Waals surface area contributed by atoms with Crippen molar-refractivity contribution in [1.82, 2.24) is 19.5 Å². The Bertz CT molecular complexity index is 1270. The van der Waals surface area contributed by atoms with Crippen LogP contribution in [0.1, 0.15) is 49.3 Å². The quantitative estimate of drug-likeness (QED) is 0.570. The maximum atomic E-state index is 14.5. The fraction of sp³-hybridized carbons (Fsp3) is 0.348. The number of aryl methyl sites for hydroxylation is 1. The van der Waals surface area contributed by atoms with Crippen LogP contribution in [0.2, 0.25) is 0 Å². The van der Waals surface area contributed by atoms with E-state index in [9.17, 15) is 17.6 Å². The number of carbonyl (C=O) groups is 1. The van der Waals surface area contributed by atoms with Gasteiger partial charge in [-0.15, -0.1) is 10.2 Å². The standard InChI is InChI=1S/C23H26FN5O3S/c1-15(2)28-33(31,32)18-10-7-16(8-11-18)23(30)25-20-14-17(9-12-19(20)24)22-27-26-21-6-4-3-5-13-29(21)22/h7-12,14-15,28H,3-6,13H2,1-2H3,(H,25,30). The molecule has 3 aromatic rings. The number of hydrogen-bond acceptors (Lipinski definition) is 5. The molecule has 33 heavy (non-hydrogen) atoms. The smallest absolute Gasteiger partial charge is 0.255 e. The van der Waals surface area contributed by atoms with Gasteiger partial charge in [-0.1, -0.05) is 6.42 Å². The molecule has 2 aromatic carbocycles. The molecule has 1 aliphatic heterocycles. The molecule has 0 bridgehead atoms. The molecule has 10 heteroatoms. The number of benzene rings is 2. The Kier molecular flexibility index (Phi) is 6.57. The van der Waals surface area contributed by atoms with Crippen molar-refractivity contribution in [3.05, 3.63) is 59.7 Å². The van der Waals surface area contributed by atoms with Gasteiger partial charge in [0.1, 0.15) is 11.6 Å². The molecule has 1 aliphatic rings. The molecule has 0 atom stereocenters. The first-order valence-corrected chi connectivity index (χ1v) is 12.4. The average molecular weight is 472 g/mol. The van der Waals surface area contributed by atoms with Gasteiger partial charge in [0, 0.05) is 30.1 Å². The zero-order valence-electron chi connectivity index (χ0n) is 18.5. The van der Waals surface area contributed by atoms with E-state index in [0.29, 0.717) is 11.4 Å². The summed E-state index contributed by atoms with van der Waals surface area (Å²) in [4.78, 5) is 12.8. The van der Waals surface area contributed by atoms with Crippen LogP contribution in [0.15, 0.2) is 47.4 Å². The first-order chi connectivity index (χ1) is 15.7. The second kappa shape index (κ2) is 9.40. The predicted octanol–water partition coefficient (Wildman–Crippen LogP) is 3.75. The number of nitrogens with zero attached hydrogens (tertiary/aromatic N) is 3. The Morgan fingerprint density at radius 2 is 1.82 bits per heavy atom. The van der Waals surface area contributed by atoms with Gasteiger partial charge >= 0.3 is 0 Å². The largest absolute Gasteiger partial charge is 0.319 e. The molecule has 0 spiro atoms. The molecule has 0 saturated carbocycles. The maximum Gasteiger partial charge on any atom is 0.255 e. The highest BCUT2D eigenvalue weighted by Gasteiger charge is 2.19. The molecule has 1 amide bonds. The fourth-order valence-electron chi connectivity index (χ4n) is 3.82. The average Bonchev–Trinajstić information content (AvgIpc) is 3.02. The van der Waals surface area contributed by atoms with Crippen molar-refractivity contribution in [3.8, 4) is 11.4 Å². The Balaban J connectivity index is 1.55. The van der Waals surface area contributed by atoms with E-state index in [1.165, 1.54) is 30.3 Å². The Labute approximate surface area is 192 Å². The van der Waals surface area contributed by atoms with Gasteiger partial charge < -0.3 is 9.88 Å². The third-order valence-electron chi connectivity index (χ3n) is 5.40. The van der Waals surface area contributed by atoms with E-state index < -0.39 is 21.7 Å². The predicted molar refractivity (Wildman–Crippen MR) is 123 cm³/mol. The second-order valence-corrected chi connectivity index (χ2v) is 10.1. The normalized spacial score (nSPS) is 14.1. The van der Waals surface area contributed by atoms with Gasteiger partial charge in [-0.05, 0) is 69.2 Å². The Morgan fingerprint density at radius 1 is 1.06 bits per heavy atom. The van der Waals surface area contributed by atoms with Gasteiger partial charge in [0.25, 0.3) is 5.91 Å². The van der Waals surface area contributed by atoms with Crippen LogP contribution >= 0.6 is 0 Å². The highest BCUT2D eigenvalue weighted by Crippen LogP contribution is 2.27. The summed E-state index contributed by atoms with van der Waals surface area (Å²) in [6, 6.07) is 9.67. The third kappa shape index (κ3) is 5.12. The van der Waals surface area contributed by atoms with Crippen LogP contribution in [-0.4, -0.2) is 35.1 Å². The van der Waals surface area contributed by atoms with Gasteiger partial charge in [0.15, 0.2) is 5.82 Å². The number of anilines is 1. The number of halogens is 1. The highest BCUT2D eigenvalue weighted by atomic mass is 32.2. The Hall–Kier alpha value is -3.11. The minimum atomic E-state index is -3.67. The molecule has 0 radical (unpaired) electrons. The zero-order valence-corrected chi connectivity index (χ0v) is 19.3. The van der Waals surface area contributed by atoms with Crippen LogP contribution in [0.3, 0.4) is 0 Å². The number of nitrogens with one attached hydrogen (secondary N) is 2. The summed E-state index contributed by atoms with van der Waals surface area (Å²) >= 11 is 0. The van der Waals surface area contributed by atoms with Crippen LogP contribution in [0.5, 0.6) is 0 Å². The maximum absolute atomic E-state index is 14.5. The molecular formula is C23H26FN5O3S. The summed E-state index contributed by atoms with van der Waals surface area (Å²) in [6.07, 6.45) is 4.08. The van der Waals surface area contributed by atoms with Crippen molar-refractivity contribution in [1.29, 1.82) is 0 Å². The van der Waals surface area contributed by atoms with Gasteiger partial charge in [-0.3, -0.25) is 4.79 Å². The van der Waals surface area contributed by atoms with Crippen LogP contribution in [0, 0.1) is 5.82 Å². The van der Waals surface area contributed by atoms with Crippen molar-refractivity contribution < 1.29 is 17.6 Å². The van der Waals surface area contributed by atoms with E-state index in [1.54, 1.807) is 26.0 Å². The van der Waals surface area contributed by atoms with E-state index in [4.69, 9.17) is 0 Å². The lowest BCUT2D eigenvalue weighted by Crippen LogP contribution is -2.30. The van der Waals surface area contributed by atoms with E-state index in [-0.39, 0.29) is 22.2 Å². The summed E-state index contributed by atoms with van der Waals surface area (Å²) in [5, 5.41) is 11.1. The van der Waals surface area contributed by atoms with Gasteiger partial charge in [0.2, 0.25) is 10.0 Å². The van der Waals surface area contributed by atoms with Crippen molar-refractivity contribution in [3.63, 3.8) is 0 Å². The highest BCUT2D eigenvalue weighted by molar-refractivity contribution is 7.89. The minimum Gasteiger partial charge on any atom is -0.319 e. The van der Waals surface area contributed by atoms with Crippen molar-refractivity contribution in [2.45, 2.75) is 57.0 Å². The number of rotatable bonds is 6. The molecular weight excluding hydrogens is 445 g/mol. The van der Waals surface area contributed by atoms with E-state index in [0.717, 1.165) is 38.1 Å². The summed E-state index contributed by atoms with van der Waals surface area (Å²) < 4.78 is 43.5. The molecule has 1 aromatic heterocycles. The second-order valence-electron chi connectivity index (χ2n) is 8.35. The lowest BCUT2D eigenvalue weighted by Gasteiger charge is -2.11. The molecule has 0 saturated heterocycles. The van der Waals surface area contributed by atoms with Crippen LogP contribution < -0.4 is 10.0 Å². The third-order valence-corrected chi connectivity index (χ3v) is 7.07. The molecule has 0 aliphatic carbocycles. The molecule has 4 rings (SSSR count). The van der Waals surface area contributed by atoms with Crippen molar-refractivity contribution >= 4 is 21.6 Å². The summed E-state index contributed by atoms with van der Waals surface area (Å²) in [7, 11) is -3.67. The van der Waals surface area contributed by atoms with Gasteiger partial charge in [0.05, 0.1) is 10.6 Å². The van der Waals surface area contributed by atoms with Gasteiger partial charge in [-0.25, -0.2) is 17.5 Å². The first-order valence-electron chi connectivity index (χ1n) is 10.9. The number of hydrogen-bond donors (Lipinski definition) is 2. The molecule has 2 N–H and O–H groups in total. The van der Waals surface area contributed by atoms with Gasteiger partial charge in [-0.2, -0.15) is 0 Å². The molecule has 8 nitrogen and oxygen atoms in total. The van der Waals surface area contributed by atoms with E-state index >= 15 is 0 Å². The molecule has 0 fully saturated rings. The monoisotopic (exact) mass is 471 g/mol. The summed E-state index contributed by atoms with van der Waals surface area (Å²) in [6.45, 7) is 4.25. The topological polar surface area (TPSA) is 106 Å². The zero-order chi connectivity index (χ0) is 23.6. The lowest BCUT2D eigenvalue weighted by atomic mass is 10.1. The Morgan fingerprint density at radius 3 is 2.55 bits per heavy atom. The number of aromatic nitrogens is 3. The SMILES string of the molecule is CC(C)NS(=O)(=O)c1ccc(C(=O)Nc2cc(-c3nnc4n3CCCCC4)ccc2F)cc1. The number of sulfonamides is 1.